The highest BCUT2D eigenvalue weighted by Crippen LogP contribution is 2.19. The molecule has 0 aliphatic carbocycles. The summed E-state index contributed by atoms with van der Waals surface area (Å²) < 4.78 is 0. The number of anilines is 1. The quantitative estimate of drug-likeness (QED) is 0.792. The summed E-state index contributed by atoms with van der Waals surface area (Å²) in [5, 5.41) is 2.85. The lowest BCUT2D eigenvalue weighted by Gasteiger charge is -2.14. The van der Waals surface area contributed by atoms with Gasteiger partial charge in [0.05, 0.1) is 10.2 Å². The Bertz CT molecular complexity index is 475. The van der Waals surface area contributed by atoms with Crippen LogP contribution in [-0.2, 0) is 4.79 Å². The van der Waals surface area contributed by atoms with E-state index in [0.717, 1.165) is 22.6 Å². The molecule has 5 heteroatoms. The first-order valence-corrected chi connectivity index (χ1v) is 7.64. The van der Waals surface area contributed by atoms with Gasteiger partial charge < -0.3 is 11.1 Å². The highest BCUT2D eigenvalue weighted by molar-refractivity contribution is 8.00. The lowest BCUT2D eigenvalue weighted by Crippen LogP contribution is -2.23. The molecule has 0 radical (unpaired) electrons. The SMILES string of the molecule is Cc1ccc(C)c(NC(=O)C(C)SCCC(N)=S)c1. The van der Waals surface area contributed by atoms with Crippen LogP contribution in [0.1, 0.15) is 24.5 Å². The van der Waals surface area contributed by atoms with Gasteiger partial charge in [-0.25, -0.2) is 0 Å². The zero-order chi connectivity index (χ0) is 14.4. The molecule has 104 valence electrons. The van der Waals surface area contributed by atoms with Gasteiger partial charge in [-0.3, -0.25) is 4.79 Å². The van der Waals surface area contributed by atoms with E-state index in [1.807, 2.05) is 39.0 Å². The number of hydrogen-bond donors (Lipinski definition) is 2. The van der Waals surface area contributed by atoms with Crippen molar-refractivity contribution in [1.82, 2.24) is 0 Å². The molecule has 0 saturated heterocycles. The second-order valence-electron chi connectivity index (χ2n) is 4.54. The summed E-state index contributed by atoms with van der Waals surface area (Å²) in [5.74, 6) is 0.790. The van der Waals surface area contributed by atoms with Gasteiger partial charge in [-0.05, 0) is 38.0 Å². The predicted molar refractivity (Wildman–Crippen MR) is 87.9 cm³/mol. The molecule has 1 atom stereocenters. The molecule has 1 aromatic carbocycles. The molecule has 1 aromatic rings. The molecule has 3 nitrogen and oxygen atoms in total. The number of nitrogens with two attached hydrogens (primary N) is 1. The third-order valence-electron chi connectivity index (χ3n) is 2.74. The third kappa shape index (κ3) is 5.61. The fraction of sp³-hybridized carbons (Fsp3) is 0.429. The number of aryl methyl sites for hydroxylation is 2. The zero-order valence-corrected chi connectivity index (χ0v) is 13.2. The van der Waals surface area contributed by atoms with Crippen LogP contribution in [-0.4, -0.2) is 21.9 Å². The normalized spacial score (nSPS) is 11.9. The minimum absolute atomic E-state index is 0.0154. The minimum Gasteiger partial charge on any atom is -0.393 e. The number of thioether (sulfide) groups is 1. The third-order valence-corrected chi connectivity index (χ3v) is 4.09. The van der Waals surface area contributed by atoms with Gasteiger partial charge in [0, 0.05) is 17.9 Å². The molecule has 19 heavy (non-hydrogen) atoms. The number of rotatable bonds is 6. The van der Waals surface area contributed by atoms with Crippen molar-refractivity contribution in [2.75, 3.05) is 11.1 Å². The average Bonchev–Trinajstić information content (AvgIpc) is 2.33. The molecule has 0 heterocycles. The molecule has 1 amide bonds. The standard InChI is InChI=1S/C14H20N2OS2/c1-9-4-5-10(2)12(8-9)16-14(17)11(3)19-7-6-13(15)18/h4-5,8,11H,6-7H2,1-3H3,(H2,15,18)(H,16,17). The largest absolute Gasteiger partial charge is 0.393 e. The van der Waals surface area contributed by atoms with Crippen molar-refractivity contribution in [2.24, 2.45) is 5.73 Å². The first kappa shape index (κ1) is 16.0. The first-order chi connectivity index (χ1) is 8.90. The Morgan fingerprint density at radius 1 is 1.47 bits per heavy atom. The predicted octanol–water partition coefficient (Wildman–Crippen LogP) is 3.04. The van der Waals surface area contributed by atoms with E-state index in [0.29, 0.717) is 11.4 Å². The first-order valence-electron chi connectivity index (χ1n) is 6.18. The van der Waals surface area contributed by atoms with Gasteiger partial charge in [0.2, 0.25) is 5.91 Å². The lowest BCUT2D eigenvalue weighted by atomic mass is 10.1. The molecule has 0 aliphatic heterocycles. The Labute approximate surface area is 124 Å². The molecule has 0 bridgehead atoms. The molecular weight excluding hydrogens is 276 g/mol. The van der Waals surface area contributed by atoms with E-state index in [-0.39, 0.29) is 11.2 Å². The Morgan fingerprint density at radius 3 is 2.79 bits per heavy atom. The average molecular weight is 296 g/mol. The number of hydrogen-bond acceptors (Lipinski definition) is 3. The van der Waals surface area contributed by atoms with Gasteiger partial charge in [-0.2, -0.15) is 0 Å². The van der Waals surface area contributed by atoms with E-state index in [9.17, 15) is 4.79 Å². The van der Waals surface area contributed by atoms with Gasteiger partial charge in [0.1, 0.15) is 0 Å². The van der Waals surface area contributed by atoms with Gasteiger partial charge >= 0.3 is 0 Å². The molecule has 3 N–H and O–H groups in total. The van der Waals surface area contributed by atoms with Crippen LogP contribution >= 0.6 is 24.0 Å². The van der Waals surface area contributed by atoms with Crippen LogP contribution in [0.5, 0.6) is 0 Å². The number of nitrogens with one attached hydrogen (secondary N) is 1. The van der Waals surface area contributed by atoms with Crippen LogP contribution in [0.15, 0.2) is 18.2 Å². The zero-order valence-electron chi connectivity index (χ0n) is 11.5. The number of amides is 1. The Kier molecular flexibility index (Phi) is 6.31. The molecule has 0 saturated carbocycles. The fourth-order valence-electron chi connectivity index (χ4n) is 1.52. The molecule has 0 aromatic heterocycles. The second-order valence-corrected chi connectivity index (χ2v) is 6.51. The van der Waals surface area contributed by atoms with Crippen molar-refractivity contribution in [3.63, 3.8) is 0 Å². The summed E-state index contributed by atoms with van der Waals surface area (Å²) in [7, 11) is 0. The van der Waals surface area contributed by atoms with E-state index in [1.165, 1.54) is 0 Å². The van der Waals surface area contributed by atoms with E-state index >= 15 is 0 Å². The number of carbonyl (C=O) groups excluding carboxylic acids is 1. The lowest BCUT2D eigenvalue weighted by molar-refractivity contribution is -0.115. The summed E-state index contributed by atoms with van der Waals surface area (Å²) in [5.41, 5.74) is 8.52. The molecule has 0 fully saturated rings. The van der Waals surface area contributed by atoms with E-state index < -0.39 is 0 Å². The van der Waals surface area contributed by atoms with Crippen LogP contribution in [0.25, 0.3) is 0 Å². The molecule has 0 aliphatic rings. The van der Waals surface area contributed by atoms with Crippen molar-refractivity contribution < 1.29 is 4.79 Å². The number of carbonyl (C=O) groups is 1. The Balaban J connectivity index is 2.54. The van der Waals surface area contributed by atoms with Crippen molar-refractivity contribution >= 4 is 40.6 Å². The van der Waals surface area contributed by atoms with Crippen LogP contribution in [0, 0.1) is 13.8 Å². The Morgan fingerprint density at radius 2 is 2.16 bits per heavy atom. The molecule has 1 unspecified atom stereocenters. The highest BCUT2D eigenvalue weighted by atomic mass is 32.2. The van der Waals surface area contributed by atoms with Crippen molar-refractivity contribution in [3.8, 4) is 0 Å². The molecular formula is C14H20N2OS2. The van der Waals surface area contributed by atoms with Crippen molar-refractivity contribution in [3.05, 3.63) is 29.3 Å². The maximum absolute atomic E-state index is 12.1. The molecule has 0 spiro atoms. The van der Waals surface area contributed by atoms with Gasteiger partial charge in [-0.15, -0.1) is 11.8 Å². The number of benzene rings is 1. The van der Waals surface area contributed by atoms with Gasteiger partial charge in [0.25, 0.3) is 0 Å². The topological polar surface area (TPSA) is 55.1 Å². The summed E-state index contributed by atoms with van der Waals surface area (Å²) in [6, 6.07) is 6.03. The second kappa shape index (κ2) is 7.50. The summed E-state index contributed by atoms with van der Waals surface area (Å²) in [6.45, 7) is 5.89. The van der Waals surface area contributed by atoms with Crippen molar-refractivity contribution in [2.45, 2.75) is 32.4 Å². The van der Waals surface area contributed by atoms with Crippen LogP contribution in [0.2, 0.25) is 0 Å². The maximum atomic E-state index is 12.1. The summed E-state index contributed by atoms with van der Waals surface area (Å²) in [6.07, 6.45) is 0.668. The van der Waals surface area contributed by atoms with Crippen LogP contribution < -0.4 is 11.1 Å². The van der Waals surface area contributed by atoms with Crippen LogP contribution in [0.3, 0.4) is 0 Å². The highest BCUT2D eigenvalue weighted by Gasteiger charge is 2.14. The Hall–Kier alpha value is -1.07. The maximum Gasteiger partial charge on any atom is 0.237 e. The van der Waals surface area contributed by atoms with Gasteiger partial charge in [0.15, 0.2) is 0 Å². The van der Waals surface area contributed by atoms with E-state index in [1.54, 1.807) is 11.8 Å². The number of thiocarbonyl (C=S) groups is 1. The van der Waals surface area contributed by atoms with E-state index in [4.69, 9.17) is 18.0 Å². The van der Waals surface area contributed by atoms with Gasteiger partial charge in [-0.1, -0.05) is 24.4 Å². The summed E-state index contributed by atoms with van der Waals surface area (Å²) >= 11 is 6.38. The fourth-order valence-corrected chi connectivity index (χ4v) is 2.65. The monoisotopic (exact) mass is 296 g/mol. The minimum atomic E-state index is -0.116. The van der Waals surface area contributed by atoms with Crippen LogP contribution in [0.4, 0.5) is 5.69 Å². The molecule has 1 rings (SSSR count). The summed E-state index contributed by atoms with van der Waals surface area (Å²) in [4.78, 5) is 12.6. The van der Waals surface area contributed by atoms with E-state index in [2.05, 4.69) is 5.32 Å². The van der Waals surface area contributed by atoms with Crippen molar-refractivity contribution in [1.29, 1.82) is 0 Å². The smallest absolute Gasteiger partial charge is 0.237 e.